The Morgan fingerprint density at radius 2 is 1.40 bits per heavy atom. The molecular formula is C19H25N. The number of hydrogen-bond acceptors (Lipinski definition) is 1. The third kappa shape index (κ3) is 4.82. The van der Waals surface area contributed by atoms with Crippen molar-refractivity contribution in [3.8, 4) is 0 Å². The highest BCUT2D eigenvalue weighted by Gasteiger charge is 2.16. The molecule has 1 atom stereocenters. The summed E-state index contributed by atoms with van der Waals surface area (Å²) >= 11 is 0. The van der Waals surface area contributed by atoms with Crippen LogP contribution in [0.5, 0.6) is 0 Å². The molecule has 0 aliphatic rings. The third-order valence-corrected chi connectivity index (χ3v) is 3.36. The van der Waals surface area contributed by atoms with Crippen molar-refractivity contribution in [2.24, 2.45) is 5.41 Å². The second-order valence-electron chi connectivity index (χ2n) is 6.59. The molecule has 0 spiro atoms. The van der Waals surface area contributed by atoms with Crippen molar-refractivity contribution >= 4 is 0 Å². The van der Waals surface area contributed by atoms with Gasteiger partial charge in [-0.2, -0.15) is 0 Å². The van der Waals surface area contributed by atoms with Crippen molar-refractivity contribution in [3.05, 3.63) is 71.8 Å². The molecular weight excluding hydrogens is 242 g/mol. The largest absolute Gasteiger partial charge is 0.309 e. The summed E-state index contributed by atoms with van der Waals surface area (Å²) in [5, 5.41) is 3.72. The molecule has 0 saturated heterocycles. The molecule has 1 unspecified atom stereocenters. The molecule has 1 heteroatoms. The van der Waals surface area contributed by atoms with Gasteiger partial charge in [-0.15, -0.1) is 0 Å². The van der Waals surface area contributed by atoms with E-state index in [2.05, 4.69) is 86.8 Å². The fourth-order valence-electron chi connectivity index (χ4n) is 2.27. The van der Waals surface area contributed by atoms with E-state index in [9.17, 15) is 0 Å². The zero-order valence-corrected chi connectivity index (χ0v) is 12.8. The van der Waals surface area contributed by atoms with Gasteiger partial charge in [-0.25, -0.2) is 0 Å². The summed E-state index contributed by atoms with van der Waals surface area (Å²) in [6, 6.07) is 21.8. The van der Waals surface area contributed by atoms with Crippen LogP contribution >= 0.6 is 0 Å². The maximum Gasteiger partial charge on any atom is 0.0361 e. The minimum atomic E-state index is 0.295. The molecule has 106 valence electrons. The second-order valence-corrected chi connectivity index (χ2v) is 6.59. The zero-order valence-electron chi connectivity index (χ0n) is 12.8. The molecule has 1 nitrogen and oxygen atoms in total. The van der Waals surface area contributed by atoms with E-state index in [-0.39, 0.29) is 0 Å². The van der Waals surface area contributed by atoms with Gasteiger partial charge < -0.3 is 5.32 Å². The van der Waals surface area contributed by atoms with Crippen molar-refractivity contribution in [2.75, 3.05) is 6.54 Å². The number of nitrogens with one attached hydrogen (secondary N) is 1. The summed E-state index contributed by atoms with van der Waals surface area (Å²) in [6.07, 6.45) is 1.03. The molecule has 0 amide bonds. The van der Waals surface area contributed by atoms with Crippen molar-refractivity contribution in [2.45, 2.75) is 33.2 Å². The van der Waals surface area contributed by atoms with E-state index in [1.165, 1.54) is 11.1 Å². The molecule has 0 saturated carbocycles. The van der Waals surface area contributed by atoms with Crippen LogP contribution in [0.4, 0.5) is 0 Å². The lowest BCUT2D eigenvalue weighted by molar-refractivity contribution is 0.351. The Kier molecular flexibility index (Phi) is 4.97. The molecule has 20 heavy (non-hydrogen) atoms. The first-order chi connectivity index (χ1) is 9.54. The summed E-state index contributed by atoms with van der Waals surface area (Å²) in [5.74, 6) is 0. The SMILES string of the molecule is CC(C)(C)CNC(Cc1ccccc1)c1ccccc1. The maximum atomic E-state index is 3.72. The first-order valence-electron chi connectivity index (χ1n) is 7.37. The van der Waals surface area contributed by atoms with Crippen molar-refractivity contribution in [1.82, 2.24) is 5.32 Å². The van der Waals surface area contributed by atoms with Crippen LogP contribution in [0.25, 0.3) is 0 Å². The summed E-state index contributed by atoms with van der Waals surface area (Å²) < 4.78 is 0. The molecule has 0 radical (unpaired) electrons. The highest BCUT2D eigenvalue weighted by molar-refractivity contribution is 5.23. The lowest BCUT2D eigenvalue weighted by Gasteiger charge is -2.25. The third-order valence-electron chi connectivity index (χ3n) is 3.36. The minimum Gasteiger partial charge on any atom is -0.309 e. The molecule has 1 N–H and O–H groups in total. The van der Waals surface area contributed by atoms with Crippen LogP contribution in [0.1, 0.15) is 37.9 Å². The van der Waals surface area contributed by atoms with Gasteiger partial charge in [-0.1, -0.05) is 81.4 Å². The van der Waals surface area contributed by atoms with Crippen molar-refractivity contribution < 1.29 is 0 Å². The maximum absolute atomic E-state index is 3.72. The lowest BCUT2D eigenvalue weighted by Crippen LogP contribution is -2.31. The Hall–Kier alpha value is -1.60. The Labute approximate surface area is 123 Å². The Morgan fingerprint density at radius 1 is 0.850 bits per heavy atom. The number of hydrogen-bond donors (Lipinski definition) is 1. The van der Waals surface area contributed by atoms with Crippen LogP contribution < -0.4 is 5.32 Å². The number of rotatable bonds is 5. The van der Waals surface area contributed by atoms with Gasteiger partial charge in [0.1, 0.15) is 0 Å². The quantitative estimate of drug-likeness (QED) is 0.834. The molecule has 0 heterocycles. The van der Waals surface area contributed by atoms with Crippen molar-refractivity contribution in [3.63, 3.8) is 0 Å². The molecule has 2 rings (SSSR count). The van der Waals surface area contributed by atoms with Crippen LogP contribution in [0.2, 0.25) is 0 Å². The van der Waals surface area contributed by atoms with E-state index >= 15 is 0 Å². The monoisotopic (exact) mass is 267 g/mol. The molecule has 0 aliphatic heterocycles. The fraction of sp³-hybridized carbons (Fsp3) is 0.368. The molecule has 0 bridgehead atoms. The van der Waals surface area contributed by atoms with Crippen molar-refractivity contribution in [1.29, 1.82) is 0 Å². The van der Waals surface area contributed by atoms with Gasteiger partial charge >= 0.3 is 0 Å². The standard InChI is InChI=1S/C19H25N/c1-19(2,3)15-20-18(17-12-8-5-9-13-17)14-16-10-6-4-7-11-16/h4-13,18,20H,14-15H2,1-3H3. The van der Waals surface area contributed by atoms with E-state index in [0.29, 0.717) is 11.5 Å². The lowest BCUT2D eigenvalue weighted by atomic mass is 9.94. The highest BCUT2D eigenvalue weighted by Crippen LogP contribution is 2.20. The van der Waals surface area contributed by atoms with Gasteiger partial charge in [0.25, 0.3) is 0 Å². The fourth-order valence-corrected chi connectivity index (χ4v) is 2.27. The predicted octanol–water partition coefficient (Wildman–Crippen LogP) is 4.61. The first-order valence-corrected chi connectivity index (χ1v) is 7.37. The van der Waals surface area contributed by atoms with Crippen LogP contribution in [-0.2, 0) is 6.42 Å². The molecule has 0 fully saturated rings. The van der Waals surface area contributed by atoms with E-state index in [1.807, 2.05) is 0 Å². The van der Waals surface area contributed by atoms with Gasteiger partial charge in [0.05, 0.1) is 0 Å². The summed E-state index contributed by atoms with van der Waals surface area (Å²) in [5.41, 5.74) is 3.03. The Bertz CT molecular complexity index is 496. The van der Waals surface area contributed by atoms with E-state index in [0.717, 1.165) is 13.0 Å². The van der Waals surface area contributed by atoms with E-state index < -0.39 is 0 Å². The molecule has 0 aromatic heterocycles. The topological polar surface area (TPSA) is 12.0 Å². The first kappa shape index (κ1) is 14.8. The smallest absolute Gasteiger partial charge is 0.0361 e. The van der Waals surface area contributed by atoms with E-state index in [4.69, 9.17) is 0 Å². The average molecular weight is 267 g/mol. The highest BCUT2D eigenvalue weighted by atomic mass is 14.9. The van der Waals surface area contributed by atoms with Crippen LogP contribution in [0, 0.1) is 5.41 Å². The van der Waals surface area contributed by atoms with Gasteiger partial charge in [0.2, 0.25) is 0 Å². The summed E-state index contributed by atoms with van der Waals surface area (Å²) in [7, 11) is 0. The Morgan fingerprint density at radius 3 is 1.95 bits per heavy atom. The zero-order chi connectivity index (χ0) is 14.4. The normalized spacial score (nSPS) is 13.2. The molecule has 0 aliphatic carbocycles. The molecule has 2 aromatic rings. The second kappa shape index (κ2) is 6.71. The van der Waals surface area contributed by atoms with Gasteiger partial charge in [-0.3, -0.25) is 0 Å². The van der Waals surface area contributed by atoms with Crippen LogP contribution in [0.15, 0.2) is 60.7 Å². The number of benzene rings is 2. The summed E-state index contributed by atoms with van der Waals surface area (Å²) in [4.78, 5) is 0. The summed E-state index contributed by atoms with van der Waals surface area (Å²) in [6.45, 7) is 7.82. The minimum absolute atomic E-state index is 0.295. The van der Waals surface area contributed by atoms with Gasteiger partial charge in [-0.05, 0) is 23.0 Å². The van der Waals surface area contributed by atoms with Crippen LogP contribution in [0.3, 0.4) is 0 Å². The molecule has 2 aromatic carbocycles. The average Bonchev–Trinajstić information content (AvgIpc) is 2.44. The van der Waals surface area contributed by atoms with Gasteiger partial charge in [0.15, 0.2) is 0 Å². The Balaban J connectivity index is 2.12. The van der Waals surface area contributed by atoms with Crippen LogP contribution in [-0.4, -0.2) is 6.54 Å². The predicted molar refractivity (Wildman–Crippen MR) is 86.8 cm³/mol. The van der Waals surface area contributed by atoms with E-state index in [1.54, 1.807) is 0 Å². The van der Waals surface area contributed by atoms with Gasteiger partial charge in [0, 0.05) is 12.6 Å².